The minimum Gasteiger partial charge on any atom is -0.311 e. The number of nitrogens with zero attached hydrogens (tertiary/aromatic N) is 3. The summed E-state index contributed by atoms with van der Waals surface area (Å²) >= 11 is 0. The topological polar surface area (TPSA) is 30.7 Å². The Hall–Kier alpha value is -0.860. The third-order valence-electron chi connectivity index (χ3n) is 7.62. The van der Waals surface area contributed by atoms with Gasteiger partial charge in [-0.1, -0.05) is 6.42 Å². The Morgan fingerprint density at radius 3 is 1.95 bits per heavy atom. The zero-order valence-electron chi connectivity index (χ0n) is 13.5. The molecule has 0 spiro atoms. The van der Waals surface area contributed by atoms with Crippen LogP contribution in [0.1, 0.15) is 94.2 Å². The van der Waals surface area contributed by atoms with Crippen molar-refractivity contribution in [1.29, 1.82) is 0 Å². The molecule has 0 radical (unpaired) electrons. The predicted octanol–water partition coefficient (Wildman–Crippen LogP) is 4.35. The van der Waals surface area contributed by atoms with Gasteiger partial charge in [-0.3, -0.25) is 0 Å². The average molecular weight is 297 g/mol. The molecule has 1 aromatic heterocycles. The molecule has 0 N–H and O–H groups in total. The van der Waals surface area contributed by atoms with Crippen LogP contribution >= 0.6 is 0 Å². The van der Waals surface area contributed by atoms with Crippen LogP contribution in [-0.2, 0) is 5.41 Å². The van der Waals surface area contributed by atoms with E-state index in [-0.39, 0.29) is 0 Å². The van der Waals surface area contributed by atoms with Crippen LogP contribution in [0.2, 0.25) is 0 Å². The molecule has 0 atom stereocenters. The Kier molecular flexibility index (Phi) is 2.37. The second kappa shape index (κ2) is 4.15. The van der Waals surface area contributed by atoms with Crippen LogP contribution in [0.15, 0.2) is 0 Å². The van der Waals surface area contributed by atoms with E-state index in [1.165, 1.54) is 82.3 Å². The molecule has 6 aliphatic rings. The van der Waals surface area contributed by atoms with Crippen molar-refractivity contribution >= 4 is 0 Å². The van der Waals surface area contributed by atoms with Crippen LogP contribution in [0.4, 0.5) is 0 Å². The maximum Gasteiger partial charge on any atom is 0.139 e. The van der Waals surface area contributed by atoms with E-state index >= 15 is 0 Å². The molecule has 4 bridgehead atoms. The van der Waals surface area contributed by atoms with E-state index in [4.69, 9.17) is 10.2 Å². The first kappa shape index (κ1) is 12.5. The summed E-state index contributed by atoms with van der Waals surface area (Å²) in [7, 11) is 0. The smallest absolute Gasteiger partial charge is 0.139 e. The Balaban J connectivity index is 1.45. The fourth-order valence-electron chi connectivity index (χ4n) is 6.69. The van der Waals surface area contributed by atoms with Crippen LogP contribution < -0.4 is 0 Å². The van der Waals surface area contributed by atoms with Crippen LogP contribution in [0, 0.1) is 17.8 Å². The highest BCUT2D eigenvalue weighted by molar-refractivity contribution is 5.22. The molecule has 6 fully saturated rings. The molecule has 118 valence electrons. The fraction of sp³-hybridized carbons (Fsp3) is 0.895. The molecule has 3 heteroatoms. The largest absolute Gasteiger partial charge is 0.311 e. The maximum absolute atomic E-state index is 4.88. The van der Waals surface area contributed by atoms with Crippen molar-refractivity contribution in [2.24, 2.45) is 17.8 Å². The number of hydrogen-bond donors (Lipinski definition) is 0. The summed E-state index contributed by atoms with van der Waals surface area (Å²) in [5, 5.41) is 9.65. The van der Waals surface area contributed by atoms with E-state index in [0.29, 0.717) is 5.41 Å². The number of rotatable bonds is 3. The van der Waals surface area contributed by atoms with Gasteiger partial charge in [-0.05, 0) is 82.0 Å². The third-order valence-corrected chi connectivity index (χ3v) is 7.62. The predicted molar refractivity (Wildman–Crippen MR) is 84.7 cm³/mol. The van der Waals surface area contributed by atoms with Crippen molar-refractivity contribution in [2.75, 3.05) is 0 Å². The molecular weight excluding hydrogens is 270 g/mol. The number of hydrogen-bond acceptors (Lipinski definition) is 2. The van der Waals surface area contributed by atoms with Crippen molar-refractivity contribution in [2.45, 2.75) is 88.0 Å². The molecule has 0 amide bonds. The lowest BCUT2D eigenvalue weighted by Gasteiger charge is -2.56. The summed E-state index contributed by atoms with van der Waals surface area (Å²) in [4.78, 5) is 0. The highest BCUT2D eigenvalue weighted by atomic mass is 15.3. The quantitative estimate of drug-likeness (QED) is 0.830. The SMILES string of the molecule is C1CC(c2nnc(C34CC5CC(CC(C5)C3)C4)n2C2CC2)C1. The minimum atomic E-state index is 0.423. The molecule has 0 aromatic carbocycles. The normalized spacial score (nSPS) is 43.5. The molecule has 22 heavy (non-hydrogen) atoms. The van der Waals surface area contributed by atoms with Gasteiger partial charge in [-0.2, -0.15) is 0 Å². The van der Waals surface area contributed by atoms with Gasteiger partial charge >= 0.3 is 0 Å². The summed E-state index contributed by atoms with van der Waals surface area (Å²) in [6, 6.07) is 0.758. The van der Waals surface area contributed by atoms with Gasteiger partial charge < -0.3 is 4.57 Å². The van der Waals surface area contributed by atoms with Crippen molar-refractivity contribution in [3.8, 4) is 0 Å². The molecule has 3 nitrogen and oxygen atoms in total. The Morgan fingerprint density at radius 2 is 1.45 bits per heavy atom. The van der Waals surface area contributed by atoms with Crippen LogP contribution in [0.5, 0.6) is 0 Å². The first-order valence-corrected chi connectivity index (χ1v) is 9.76. The lowest BCUT2D eigenvalue weighted by Crippen LogP contribution is -2.49. The second-order valence-corrected chi connectivity index (χ2v) is 9.31. The minimum absolute atomic E-state index is 0.423. The summed E-state index contributed by atoms with van der Waals surface area (Å²) in [6.45, 7) is 0. The molecule has 0 saturated heterocycles. The van der Waals surface area contributed by atoms with Crippen molar-refractivity contribution in [1.82, 2.24) is 14.8 Å². The molecular formula is C19H27N3. The zero-order chi connectivity index (χ0) is 14.3. The van der Waals surface area contributed by atoms with Crippen molar-refractivity contribution in [3.05, 3.63) is 11.6 Å². The Morgan fingerprint density at radius 1 is 0.818 bits per heavy atom. The maximum atomic E-state index is 4.88. The Bertz CT molecular complexity index is 573. The van der Waals surface area contributed by atoms with Gasteiger partial charge in [0, 0.05) is 17.4 Å². The van der Waals surface area contributed by atoms with Crippen LogP contribution in [0.25, 0.3) is 0 Å². The lowest BCUT2D eigenvalue weighted by atomic mass is 9.49. The standard InChI is InChI=1S/C19H27N3/c1-2-15(3-1)17-20-21-18(22(17)16-4-5-16)19-9-12-6-13(10-19)8-14(7-12)11-19/h12-16H,1-11H2. The van der Waals surface area contributed by atoms with Gasteiger partial charge in [-0.15, -0.1) is 10.2 Å². The third kappa shape index (κ3) is 1.63. The van der Waals surface area contributed by atoms with Crippen LogP contribution in [-0.4, -0.2) is 14.8 Å². The molecule has 1 aromatic rings. The van der Waals surface area contributed by atoms with Crippen molar-refractivity contribution in [3.63, 3.8) is 0 Å². The van der Waals surface area contributed by atoms with E-state index in [0.717, 1.165) is 29.7 Å². The van der Waals surface area contributed by atoms with E-state index < -0.39 is 0 Å². The molecule has 0 unspecified atom stereocenters. The molecule has 6 aliphatic carbocycles. The first-order valence-electron chi connectivity index (χ1n) is 9.76. The molecule has 0 aliphatic heterocycles. The lowest BCUT2D eigenvalue weighted by molar-refractivity contribution is -0.0113. The first-order chi connectivity index (χ1) is 10.8. The molecule has 7 rings (SSSR count). The zero-order valence-corrected chi connectivity index (χ0v) is 13.5. The van der Waals surface area contributed by atoms with Gasteiger partial charge in [0.25, 0.3) is 0 Å². The van der Waals surface area contributed by atoms with E-state index in [1.807, 2.05) is 0 Å². The Labute approximate surface area is 132 Å². The van der Waals surface area contributed by atoms with Gasteiger partial charge in [0.2, 0.25) is 0 Å². The molecule has 1 heterocycles. The highest BCUT2D eigenvalue weighted by Crippen LogP contribution is 2.61. The van der Waals surface area contributed by atoms with Gasteiger partial charge in [0.1, 0.15) is 11.6 Å². The van der Waals surface area contributed by atoms with E-state index in [9.17, 15) is 0 Å². The summed E-state index contributed by atoms with van der Waals surface area (Å²) in [5.41, 5.74) is 0.423. The van der Waals surface area contributed by atoms with Gasteiger partial charge in [-0.25, -0.2) is 0 Å². The summed E-state index contributed by atoms with van der Waals surface area (Å²) in [5.74, 6) is 6.56. The van der Waals surface area contributed by atoms with Crippen molar-refractivity contribution < 1.29 is 0 Å². The summed E-state index contributed by atoms with van der Waals surface area (Å²) in [6.07, 6.45) is 15.7. The van der Waals surface area contributed by atoms with Gasteiger partial charge in [0.05, 0.1) is 0 Å². The summed E-state index contributed by atoms with van der Waals surface area (Å²) < 4.78 is 2.68. The fourth-order valence-corrected chi connectivity index (χ4v) is 6.69. The van der Waals surface area contributed by atoms with Gasteiger partial charge in [0.15, 0.2) is 0 Å². The average Bonchev–Trinajstić information content (AvgIpc) is 3.16. The highest BCUT2D eigenvalue weighted by Gasteiger charge is 2.54. The van der Waals surface area contributed by atoms with E-state index in [1.54, 1.807) is 0 Å². The monoisotopic (exact) mass is 297 g/mol. The van der Waals surface area contributed by atoms with E-state index in [2.05, 4.69) is 4.57 Å². The molecule has 6 saturated carbocycles. The second-order valence-electron chi connectivity index (χ2n) is 9.31. The number of aromatic nitrogens is 3. The van der Waals surface area contributed by atoms with Crippen LogP contribution in [0.3, 0.4) is 0 Å².